The van der Waals surface area contributed by atoms with Gasteiger partial charge in [-0.05, 0) is 19.8 Å². The largest absolute Gasteiger partial charge is 0.465 e. The highest BCUT2D eigenvalue weighted by Gasteiger charge is 2.26. The summed E-state index contributed by atoms with van der Waals surface area (Å²) < 4.78 is 5.02. The number of hydrogen-bond acceptors (Lipinski definition) is 3. The smallest absolute Gasteiger partial charge is 0.316 e. The fourth-order valence-corrected chi connectivity index (χ4v) is 2.54. The Labute approximate surface area is 110 Å². The van der Waals surface area contributed by atoms with Gasteiger partial charge in [0.1, 0.15) is 11.7 Å². The van der Waals surface area contributed by atoms with Gasteiger partial charge in [-0.3, -0.25) is 9.59 Å². The van der Waals surface area contributed by atoms with Crippen LogP contribution in [-0.2, 0) is 14.3 Å². The van der Waals surface area contributed by atoms with E-state index in [0.717, 1.165) is 25.7 Å². The van der Waals surface area contributed by atoms with Crippen LogP contribution in [0.1, 0.15) is 71.1 Å². The number of Topliss-reactive ketones (excluding diaryl/α,β-unsaturated/α-hetero) is 1. The lowest BCUT2D eigenvalue weighted by Crippen LogP contribution is -2.26. The van der Waals surface area contributed by atoms with E-state index in [2.05, 4.69) is 0 Å². The van der Waals surface area contributed by atoms with Gasteiger partial charge in [-0.1, -0.05) is 44.9 Å². The third-order valence-electron chi connectivity index (χ3n) is 3.63. The average molecular weight is 254 g/mol. The van der Waals surface area contributed by atoms with Crippen molar-refractivity contribution < 1.29 is 14.3 Å². The summed E-state index contributed by atoms with van der Waals surface area (Å²) in [5, 5.41) is 0. The number of ether oxygens (including phenoxy) is 1. The van der Waals surface area contributed by atoms with Crippen molar-refractivity contribution in [2.75, 3.05) is 6.61 Å². The zero-order chi connectivity index (χ0) is 13.2. The molecular formula is C15H26O3. The highest BCUT2D eigenvalue weighted by Crippen LogP contribution is 2.19. The SMILES string of the molecule is CCOC(=O)[C@@H]1CCCCCCCCCCC1=O. The Morgan fingerprint density at radius 2 is 1.61 bits per heavy atom. The molecule has 0 amide bonds. The molecule has 0 bridgehead atoms. The van der Waals surface area contributed by atoms with Crippen molar-refractivity contribution in [3.8, 4) is 0 Å². The van der Waals surface area contributed by atoms with Crippen molar-refractivity contribution in [1.82, 2.24) is 0 Å². The molecule has 1 aliphatic carbocycles. The summed E-state index contributed by atoms with van der Waals surface area (Å²) >= 11 is 0. The fourth-order valence-electron chi connectivity index (χ4n) is 2.54. The van der Waals surface area contributed by atoms with Crippen molar-refractivity contribution >= 4 is 11.8 Å². The van der Waals surface area contributed by atoms with E-state index in [0.29, 0.717) is 19.4 Å². The van der Waals surface area contributed by atoms with Crippen LogP contribution in [0.25, 0.3) is 0 Å². The number of carbonyl (C=O) groups is 2. The molecule has 0 saturated heterocycles. The van der Waals surface area contributed by atoms with E-state index in [1.807, 2.05) is 0 Å². The predicted octanol–water partition coefficient (Wildman–Crippen LogP) is 3.65. The Balaban J connectivity index is 2.52. The Kier molecular flexibility index (Phi) is 7.70. The molecule has 0 aromatic rings. The normalized spacial score (nSPS) is 23.8. The van der Waals surface area contributed by atoms with Crippen LogP contribution >= 0.6 is 0 Å². The lowest BCUT2D eigenvalue weighted by atomic mass is 9.92. The highest BCUT2D eigenvalue weighted by atomic mass is 16.5. The van der Waals surface area contributed by atoms with Crippen molar-refractivity contribution in [2.45, 2.75) is 71.1 Å². The molecule has 0 spiro atoms. The molecule has 1 aliphatic rings. The van der Waals surface area contributed by atoms with Gasteiger partial charge in [0.25, 0.3) is 0 Å². The summed E-state index contributed by atoms with van der Waals surface area (Å²) in [4.78, 5) is 23.8. The van der Waals surface area contributed by atoms with Crippen molar-refractivity contribution in [3.05, 3.63) is 0 Å². The first-order valence-corrected chi connectivity index (χ1v) is 7.45. The van der Waals surface area contributed by atoms with E-state index in [4.69, 9.17) is 4.74 Å². The van der Waals surface area contributed by atoms with E-state index in [-0.39, 0.29) is 11.8 Å². The summed E-state index contributed by atoms with van der Waals surface area (Å²) in [6.45, 7) is 2.15. The van der Waals surface area contributed by atoms with Gasteiger partial charge < -0.3 is 4.74 Å². The molecule has 3 nitrogen and oxygen atoms in total. The van der Waals surface area contributed by atoms with Gasteiger partial charge in [0.15, 0.2) is 0 Å². The van der Waals surface area contributed by atoms with Crippen LogP contribution in [0.2, 0.25) is 0 Å². The molecule has 0 aromatic heterocycles. The monoisotopic (exact) mass is 254 g/mol. The summed E-state index contributed by atoms with van der Waals surface area (Å²) in [6.07, 6.45) is 10.4. The minimum absolute atomic E-state index is 0.0917. The van der Waals surface area contributed by atoms with Crippen molar-refractivity contribution in [1.29, 1.82) is 0 Å². The number of hydrogen-bond donors (Lipinski definition) is 0. The highest BCUT2D eigenvalue weighted by molar-refractivity contribution is 5.98. The van der Waals surface area contributed by atoms with E-state index in [9.17, 15) is 9.59 Å². The third-order valence-corrected chi connectivity index (χ3v) is 3.63. The summed E-state index contributed by atoms with van der Waals surface area (Å²) in [5.41, 5.74) is 0. The third kappa shape index (κ3) is 5.65. The van der Waals surface area contributed by atoms with Crippen molar-refractivity contribution in [2.24, 2.45) is 5.92 Å². The number of esters is 1. The lowest BCUT2D eigenvalue weighted by Gasteiger charge is -2.15. The van der Waals surface area contributed by atoms with Gasteiger partial charge in [0.2, 0.25) is 0 Å². The Hall–Kier alpha value is -0.860. The topological polar surface area (TPSA) is 43.4 Å². The second kappa shape index (κ2) is 9.12. The maximum Gasteiger partial charge on any atom is 0.316 e. The molecule has 1 atom stereocenters. The predicted molar refractivity (Wildman–Crippen MR) is 71.3 cm³/mol. The van der Waals surface area contributed by atoms with Crippen LogP contribution in [0, 0.1) is 5.92 Å². The molecule has 0 aliphatic heterocycles. The maximum atomic E-state index is 12.0. The van der Waals surface area contributed by atoms with E-state index >= 15 is 0 Å². The summed E-state index contributed by atoms with van der Waals surface area (Å²) in [6, 6.07) is 0. The van der Waals surface area contributed by atoms with E-state index < -0.39 is 5.92 Å². The Bertz CT molecular complexity index is 260. The minimum atomic E-state index is -0.496. The maximum absolute atomic E-state index is 12.0. The van der Waals surface area contributed by atoms with Crippen LogP contribution in [0.5, 0.6) is 0 Å². The number of rotatable bonds is 2. The molecule has 0 aromatic carbocycles. The molecular weight excluding hydrogens is 228 g/mol. The number of carbonyl (C=O) groups excluding carboxylic acids is 2. The second-order valence-electron chi connectivity index (χ2n) is 5.14. The quantitative estimate of drug-likeness (QED) is 0.558. The molecule has 0 N–H and O–H groups in total. The standard InChI is InChI=1S/C15H26O3/c1-2-18-15(17)13-11-9-7-5-3-4-6-8-10-12-14(13)16/h13H,2-12H2,1H3/t13-/m1/s1. The fraction of sp³-hybridized carbons (Fsp3) is 0.867. The van der Waals surface area contributed by atoms with Gasteiger partial charge in [-0.15, -0.1) is 0 Å². The van der Waals surface area contributed by atoms with Gasteiger partial charge in [-0.25, -0.2) is 0 Å². The van der Waals surface area contributed by atoms with Gasteiger partial charge in [-0.2, -0.15) is 0 Å². The number of ketones is 1. The second-order valence-corrected chi connectivity index (χ2v) is 5.14. The van der Waals surface area contributed by atoms with Crippen LogP contribution in [0.4, 0.5) is 0 Å². The summed E-state index contributed by atoms with van der Waals surface area (Å²) in [7, 11) is 0. The first-order valence-electron chi connectivity index (χ1n) is 7.45. The summed E-state index contributed by atoms with van der Waals surface area (Å²) in [5.74, 6) is -0.710. The van der Waals surface area contributed by atoms with Gasteiger partial charge >= 0.3 is 5.97 Å². The van der Waals surface area contributed by atoms with Crippen LogP contribution in [-0.4, -0.2) is 18.4 Å². The molecule has 18 heavy (non-hydrogen) atoms. The molecule has 0 heterocycles. The first kappa shape index (κ1) is 15.2. The van der Waals surface area contributed by atoms with Gasteiger partial charge in [0, 0.05) is 6.42 Å². The zero-order valence-electron chi connectivity index (χ0n) is 11.6. The van der Waals surface area contributed by atoms with Crippen LogP contribution in [0.15, 0.2) is 0 Å². The van der Waals surface area contributed by atoms with E-state index in [1.165, 1.54) is 25.7 Å². The van der Waals surface area contributed by atoms with Crippen LogP contribution < -0.4 is 0 Å². The minimum Gasteiger partial charge on any atom is -0.465 e. The van der Waals surface area contributed by atoms with Gasteiger partial charge in [0.05, 0.1) is 6.61 Å². The van der Waals surface area contributed by atoms with Crippen LogP contribution in [0.3, 0.4) is 0 Å². The Morgan fingerprint density at radius 3 is 2.22 bits per heavy atom. The molecule has 1 saturated carbocycles. The Morgan fingerprint density at radius 1 is 1.06 bits per heavy atom. The molecule has 1 fully saturated rings. The van der Waals surface area contributed by atoms with Crippen molar-refractivity contribution in [3.63, 3.8) is 0 Å². The molecule has 0 radical (unpaired) electrons. The average Bonchev–Trinajstić information content (AvgIpc) is 2.34. The molecule has 104 valence electrons. The lowest BCUT2D eigenvalue weighted by molar-refractivity contribution is -0.152. The molecule has 1 rings (SSSR count). The zero-order valence-corrected chi connectivity index (χ0v) is 11.6. The molecule has 3 heteroatoms. The first-order chi connectivity index (χ1) is 8.75. The molecule has 0 unspecified atom stereocenters. The van der Waals surface area contributed by atoms with E-state index in [1.54, 1.807) is 6.92 Å².